The number of nitrogens with two attached hydrogens (primary N) is 1. The third-order valence-corrected chi connectivity index (χ3v) is 4.15. The van der Waals surface area contributed by atoms with E-state index in [1.165, 1.54) is 6.42 Å². The highest BCUT2D eigenvalue weighted by molar-refractivity contribution is 4.88. The summed E-state index contributed by atoms with van der Waals surface area (Å²) < 4.78 is 0. The Kier molecular flexibility index (Phi) is 7.15. The Morgan fingerprint density at radius 2 is 2.06 bits per heavy atom. The standard InChI is InChI=1S/C14H31N3O/c1-4-7-13(15)14(11-18)17-9-6-8-16(3)10-12(17)5-2/h12-14,18H,4-11,15H2,1-3H3. The van der Waals surface area contributed by atoms with Crippen LogP contribution in [0.5, 0.6) is 0 Å². The molecule has 0 saturated carbocycles. The van der Waals surface area contributed by atoms with Gasteiger partial charge in [-0.3, -0.25) is 4.90 Å². The fraction of sp³-hybridized carbons (Fsp3) is 1.00. The van der Waals surface area contributed by atoms with Gasteiger partial charge >= 0.3 is 0 Å². The molecule has 0 aromatic heterocycles. The fourth-order valence-electron chi connectivity index (χ4n) is 3.07. The molecule has 1 rings (SSSR count). The topological polar surface area (TPSA) is 52.7 Å². The summed E-state index contributed by atoms with van der Waals surface area (Å²) in [6.45, 7) is 7.87. The van der Waals surface area contributed by atoms with Gasteiger partial charge in [0.2, 0.25) is 0 Å². The smallest absolute Gasteiger partial charge is 0.0602 e. The van der Waals surface area contributed by atoms with Crippen molar-refractivity contribution in [1.29, 1.82) is 0 Å². The maximum atomic E-state index is 9.71. The first-order valence-corrected chi connectivity index (χ1v) is 7.44. The molecule has 4 nitrogen and oxygen atoms in total. The van der Waals surface area contributed by atoms with Crippen LogP contribution in [0.25, 0.3) is 0 Å². The monoisotopic (exact) mass is 257 g/mol. The van der Waals surface area contributed by atoms with Crippen LogP contribution in [0.4, 0.5) is 0 Å². The van der Waals surface area contributed by atoms with Crippen LogP contribution in [-0.4, -0.2) is 66.3 Å². The van der Waals surface area contributed by atoms with Crippen molar-refractivity contribution in [3.63, 3.8) is 0 Å². The predicted octanol–water partition coefficient (Wildman–Crippen LogP) is 0.891. The number of likely N-dealkylation sites (N-methyl/N-ethyl adjacent to an activating group) is 1. The van der Waals surface area contributed by atoms with Gasteiger partial charge in [-0.25, -0.2) is 0 Å². The van der Waals surface area contributed by atoms with Gasteiger partial charge in [0.05, 0.1) is 6.61 Å². The fourth-order valence-corrected chi connectivity index (χ4v) is 3.07. The van der Waals surface area contributed by atoms with E-state index in [1.807, 2.05) is 0 Å². The van der Waals surface area contributed by atoms with Crippen molar-refractivity contribution in [1.82, 2.24) is 9.80 Å². The average Bonchev–Trinajstić information content (AvgIpc) is 2.53. The van der Waals surface area contributed by atoms with Crippen LogP contribution in [0.15, 0.2) is 0 Å². The lowest BCUT2D eigenvalue weighted by atomic mass is 10.0. The Morgan fingerprint density at radius 3 is 2.61 bits per heavy atom. The summed E-state index contributed by atoms with van der Waals surface area (Å²) in [5.74, 6) is 0. The zero-order valence-electron chi connectivity index (χ0n) is 12.3. The second kappa shape index (κ2) is 8.10. The van der Waals surface area contributed by atoms with Crippen molar-refractivity contribution in [3.05, 3.63) is 0 Å². The molecule has 18 heavy (non-hydrogen) atoms. The first-order valence-electron chi connectivity index (χ1n) is 7.44. The van der Waals surface area contributed by atoms with Crippen molar-refractivity contribution in [3.8, 4) is 0 Å². The van der Waals surface area contributed by atoms with Crippen LogP contribution < -0.4 is 5.73 Å². The van der Waals surface area contributed by atoms with Gasteiger partial charge in [-0.2, -0.15) is 0 Å². The van der Waals surface area contributed by atoms with E-state index >= 15 is 0 Å². The quantitative estimate of drug-likeness (QED) is 0.742. The molecule has 0 aliphatic carbocycles. The highest BCUT2D eigenvalue weighted by Crippen LogP contribution is 2.18. The molecule has 1 aliphatic rings. The summed E-state index contributed by atoms with van der Waals surface area (Å²) in [7, 11) is 2.19. The first-order chi connectivity index (χ1) is 8.63. The van der Waals surface area contributed by atoms with E-state index in [4.69, 9.17) is 5.73 Å². The van der Waals surface area contributed by atoms with Crippen LogP contribution in [-0.2, 0) is 0 Å². The maximum Gasteiger partial charge on any atom is 0.0602 e. The molecule has 0 amide bonds. The number of hydrogen-bond donors (Lipinski definition) is 2. The van der Waals surface area contributed by atoms with Gasteiger partial charge in [0, 0.05) is 31.2 Å². The number of hydrogen-bond acceptors (Lipinski definition) is 4. The summed E-state index contributed by atoms with van der Waals surface area (Å²) in [6.07, 6.45) is 4.37. The van der Waals surface area contributed by atoms with Gasteiger partial charge < -0.3 is 15.7 Å². The molecule has 3 N–H and O–H groups in total. The van der Waals surface area contributed by atoms with Gasteiger partial charge in [0.25, 0.3) is 0 Å². The molecule has 1 saturated heterocycles. The van der Waals surface area contributed by atoms with E-state index in [9.17, 15) is 5.11 Å². The number of aliphatic hydroxyl groups is 1. The maximum absolute atomic E-state index is 9.71. The van der Waals surface area contributed by atoms with Gasteiger partial charge in [-0.15, -0.1) is 0 Å². The van der Waals surface area contributed by atoms with Gasteiger partial charge in [0.1, 0.15) is 0 Å². The normalized spacial score (nSPS) is 26.8. The molecular weight excluding hydrogens is 226 g/mol. The number of aliphatic hydroxyl groups excluding tert-OH is 1. The Hall–Kier alpha value is -0.160. The summed E-state index contributed by atoms with van der Waals surface area (Å²) in [5, 5.41) is 9.71. The minimum Gasteiger partial charge on any atom is -0.395 e. The summed E-state index contributed by atoms with van der Waals surface area (Å²) >= 11 is 0. The molecule has 0 bridgehead atoms. The first kappa shape index (κ1) is 15.9. The predicted molar refractivity (Wildman–Crippen MR) is 76.7 cm³/mol. The molecule has 3 unspecified atom stereocenters. The lowest BCUT2D eigenvalue weighted by molar-refractivity contribution is 0.0636. The molecule has 1 aliphatic heterocycles. The Labute approximate surface area is 112 Å². The second-order valence-electron chi connectivity index (χ2n) is 5.62. The average molecular weight is 257 g/mol. The second-order valence-corrected chi connectivity index (χ2v) is 5.62. The molecule has 4 heteroatoms. The zero-order chi connectivity index (χ0) is 13.5. The van der Waals surface area contributed by atoms with Gasteiger partial charge in [-0.1, -0.05) is 20.3 Å². The van der Waals surface area contributed by atoms with Gasteiger partial charge in [0.15, 0.2) is 0 Å². The number of nitrogens with zero attached hydrogens (tertiary/aromatic N) is 2. The van der Waals surface area contributed by atoms with Crippen molar-refractivity contribution in [2.45, 2.75) is 57.7 Å². The van der Waals surface area contributed by atoms with E-state index in [2.05, 4.69) is 30.7 Å². The summed E-state index contributed by atoms with van der Waals surface area (Å²) in [4.78, 5) is 4.86. The van der Waals surface area contributed by atoms with E-state index < -0.39 is 0 Å². The summed E-state index contributed by atoms with van der Waals surface area (Å²) in [5.41, 5.74) is 6.26. The molecule has 0 aromatic carbocycles. The molecule has 0 radical (unpaired) electrons. The van der Waals surface area contributed by atoms with E-state index in [1.54, 1.807) is 0 Å². The van der Waals surface area contributed by atoms with Crippen molar-refractivity contribution < 1.29 is 5.11 Å². The van der Waals surface area contributed by atoms with Crippen LogP contribution in [0, 0.1) is 0 Å². The third-order valence-electron chi connectivity index (χ3n) is 4.15. The Bertz CT molecular complexity index is 225. The molecular formula is C14H31N3O. The summed E-state index contributed by atoms with van der Waals surface area (Å²) in [6, 6.07) is 0.747. The Balaban J connectivity index is 2.73. The largest absolute Gasteiger partial charge is 0.395 e. The molecule has 0 aromatic rings. The molecule has 0 spiro atoms. The molecule has 3 atom stereocenters. The van der Waals surface area contributed by atoms with Crippen LogP contribution in [0.1, 0.15) is 39.5 Å². The highest BCUT2D eigenvalue weighted by Gasteiger charge is 2.30. The molecule has 1 heterocycles. The SMILES string of the molecule is CCCC(N)C(CO)N1CCCN(C)CC1CC. The minimum atomic E-state index is 0.0949. The lowest BCUT2D eigenvalue weighted by Gasteiger charge is -2.39. The highest BCUT2D eigenvalue weighted by atomic mass is 16.3. The minimum absolute atomic E-state index is 0.0949. The molecule has 108 valence electrons. The van der Waals surface area contributed by atoms with Gasteiger partial charge in [-0.05, 0) is 32.9 Å². The van der Waals surface area contributed by atoms with Crippen molar-refractivity contribution in [2.24, 2.45) is 5.73 Å². The van der Waals surface area contributed by atoms with Crippen LogP contribution in [0.3, 0.4) is 0 Å². The zero-order valence-corrected chi connectivity index (χ0v) is 12.3. The van der Waals surface area contributed by atoms with Crippen molar-refractivity contribution in [2.75, 3.05) is 33.3 Å². The van der Waals surface area contributed by atoms with Crippen molar-refractivity contribution >= 4 is 0 Å². The third kappa shape index (κ3) is 4.19. The van der Waals surface area contributed by atoms with E-state index in [0.29, 0.717) is 6.04 Å². The Morgan fingerprint density at radius 1 is 1.33 bits per heavy atom. The lowest BCUT2D eigenvalue weighted by Crippen LogP contribution is -2.55. The van der Waals surface area contributed by atoms with E-state index in [-0.39, 0.29) is 18.7 Å². The molecule has 1 fully saturated rings. The van der Waals surface area contributed by atoms with E-state index in [0.717, 1.165) is 38.9 Å². The number of rotatable bonds is 6. The van der Waals surface area contributed by atoms with Crippen LogP contribution >= 0.6 is 0 Å². The van der Waals surface area contributed by atoms with Crippen LogP contribution in [0.2, 0.25) is 0 Å².